The van der Waals surface area contributed by atoms with Crippen molar-refractivity contribution in [2.24, 2.45) is 4.99 Å². The highest BCUT2D eigenvalue weighted by Crippen LogP contribution is 2.19. The summed E-state index contributed by atoms with van der Waals surface area (Å²) in [6, 6.07) is 9.66. The Kier molecular flexibility index (Phi) is 9.93. The standard InChI is InChI=1S/C24H40N4O2/c1-3-25-24(26-13-6-15-30-23-12-16-29-19-23)27-17-21-8-10-22(11-9-21)18-28-14-5-4-7-20(28)2/h8-11,20,23H,3-7,12-19H2,1-2H3,(H2,25,26,27). The van der Waals surface area contributed by atoms with E-state index in [1.54, 1.807) is 0 Å². The van der Waals surface area contributed by atoms with Crippen molar-refractivity contribution in [1.29, 1.82) is 0 Å². The van der Waals surface area contributed by atoms with Crippen LogP contribution in [0.4, 0.5) is 0 Å². The van der Waals surface area contributed by atoms with Gasteiger partial charge in [0.25, 0.3) is 0 Å². The fourth-order valence-electron chi connectivity index (χ4n) is 4.06. The SMILES string of the molecule is CCNC(=NCc1ccc(CN2CCCCC2C)cc1)NCCCOC1CCOC1. The molecule has 2 unspecified atom stereocenters. The molecule has 2 heterocycles. The topological polar surface area (TPSA) is 58.1 Å². The summed E-state index contributed by atoms with van der Waals surface area (Å²) in [6.07, 6.45) is 6.30. The van der Waals surface area contributed by atoms with Crippen LogP contribution >= 0.6 is 0 Å². The van der Waals surface area contributed by atoms with Gasteiger partial charge >= 0.3 is 0 Å². The minimum atomic E-state index is 0.285. The van der Waals surface area contributed by atoms with Gasteiger partial charge in [0.1, 0.15) is 0 Å². The number of nitrogens with one attached hydrogen (secondary N) is 2. The third kappa shape index (κ3) is 7.89. The largest absolute Gasteiger partial charge is 0.379 e. The minimum Gasteiger partial charge on any atom is -0.379 e. The molecule has 0 saturated carbocycles. The number of likely N-dealkylation sites (tertiary alicyclic amines) is 1. The number of rotatable bonds is 10. The van der Waals surface area contributed by atoms with Crippen molar-refractivity contribution in [3.05, 3.63) is 35.4 Å². The fourth-order valence-corrected chi connectivity index (χ4v) is 4.06. The van der Waals surface area contributed by atoms with E-state index in [-0.39, 0.29) is 6.10 Å². The van der Waals surface area contributed by atoms with Crippen molar-refractivity contribution >= 4 is 5.96 Å². The molecular weight excluding hydrogens is 376 g/mol. The maximum Gasteiger partial charge on any atom is 0.191 e. The summed E-state index contributed by atoms with van der Waals surface area (Å²) in [4.78, 5) is 7.34. The van der Waals surface area contributed by atoms with E-state index in [9.17, 15) is 0 Å². The molecule has 6 nitrogen and oxygen atoms in total. The van der Waals surface area contributed by atoms with Crippen LogP contribution in [-0.4, -0.2) is 62.5 Å². The van der Waals surface area contributed by atoms with E-state index in [1.165, 1.54) is 36.9 Å². The fraction of sp³-hybridized carbons (Fsp3) is 0.708. The van der Waals surface area contributed by atoms with Gasteiger partial charge in [0.15, 0.2) is 5.96 Å². The molecule has 2 N–H and O–H groups in total. The van der Waals surface area contributed by atoms with Crippen molar-refractivity contribution < 1.29 is 9.47 Å². The lowest BCUT2D eigenvalue weighted by Crippen LogP contribution is -2.38. The first-order valence-electron chi connectivity index (χ1n) is 11.8. The van der Waals surface area contributed by atoms with Crippen LogP contribution in [-0.2, 0) is 22.6 Å². The van der Waals surface area contributed by atoms with E-state index in [4.69, 9.17) is 14.5 Å². The molecule has 0 bridgehead atoms. The third-order valence-corrected chi connectivity index (χ3v) is 5.97. The van der Waals surface area contributed by atoms with E-state index in [0.29, 0.717) is 12.6 Å². The first-order valence-corrected chi connectivity index (χ1v) is 11.8. The van der Waals surface area contributed by atoms with Gasteiger partial charge in [-0.25, -0.2) is 4.99 Å². The molecule has 0 spiro atoms. The Morgan fingerprint density at radius 1 is 1.17 bits per heavy atom. The van der Waals surface area contributed by atoms with E-state index in [1.807, 2.05) is 0 Å². The molecule has 0 radical (unpaired) electrons. The maximum absolute atomic E-state index is 5.82. The van der Waals surface area contributed by atoms with Gasteiger partial charge in [-0.05, 0) is 57.2 Å². The molecule has 2 fully saturated rings. The molecule has 30 heavy (non-hydrogen) atoms. The molecule has 168 valence electrons. The van der Waals surface area contributed by atoms with Crippen LogP contribution in [0, 0.1) is 0 Å². The molecule has 0 aliphatic carbocycles. The van der Waals surface area contributed by atoms with Crippen molar-refractivity contribution in [1.82, 2.24) is 15.5 Å². The minimum absolute atomic E-state index is 0.285. The van der Waals surface area contributed by atoms with E-state index in [0.717, 1.165) is 58.3 Å². The normalized spacial score (nSPS) is 22.9. The molecule has 0 amide bonds. The highest BCUT2D eigenvalue weighted by atomic mass is 16.5. The Morgan fingerprint density at radius 2 is 2.00 bits per heavy atom. The molecule has 1 aromatic rings. The number of hydrogen-bond donors (Lipinski definition) is 2. The van der Waals surface area contributed by atoms with Crippen LogP contribution in [0.15, 0.2) is 29.3 Å². The second-order valence-corrected chi connectivity index (χ2v) is 8.46. The Labute approximate surface area is 182 Å². The monoisotopic (exact) mass is 416 g/mol. The molecular formula is C24H40N4O2. The van der Waals surface area contributed by atoms with Gasteiger partial charge < -0.3 is 20.1 Å². The van der Waals surface area contributed by atoms with Crippen LogP contribution in [0.1, 0.15) is 57.1 Å². The summed E-state index contributed by atoms with van der Waals surface area (Å²) in [6.45, 7) is 11.5. The zero-order valence-corrected chi connectivity index (χ0v) is 18.9. The Hall–Kier alpha value is -1.63. The van der Waals surface area contributed by atoms with Crippen LogP contribution < -0.4 is 10.6 Å². The van der Waals surface area contributed by atoms with Gasteiger partial charge in [-0.1, -0.05) is 30.7 Å². The number of nitrogens with zero attached hydrogens (tertiary/aromatic N) is 2. The third-order valence-electron chi connectivity index (χ3n) is 5.97. The number of ether oxygens (including phenoxy) is 2. The Morgan fingerprint density at radius 3 is 2.73 bits per heavy atom. The van der Waals surface area contributed by atoms with Crippen molar-refractivity contribution in [2.75, 3.05) is 39.5 Å². The van der Waals surface area contributed by atoms with Gasteiger partial charge in [0.2, 0.25) is 0 Å². The summed E-state index contributed by atoms with van der Waals surface area (Å²) in [5.41, 5.74) is 2.64. The van der Waals surface area contributed by atoms with E-state index < -0.39 is 0 Å². The summed E-state index contributed by atoms with van der Waals surface area (Å²) >= 11 is 0. The van der Waals surface area contributed by atoms with Crippen LogP contribution in [0.3, 0.4) is 0 Å². The molecule has 1 aromatic carbocycles. The molecule has 3 rings (SSSR count). The predicted molar refractivity (Wildman–Crippen MR) is 123 cm³/mol. The average Bonchev–Trinajstić information content (AvgIpc) is 3.28. The van der Waals surface area contributed by atoms with Gasteiger partial charge in [-0.3, -0.25) is 4.90 Å². The van der Waals surface area contributed by atoms with Crippen molar-refractivity contribution in [3.63, 3.8) is 0 Å². The number of guanidine groups is 1. The molecule has 0 aromatic heterocycles. The van der Waals surface area contributed by atoms with Crippen molar-refractivity contribution in [3.8, 4) is 0 Å². The van der Waals surface area contributed by atoms with Gasteiger partial charge in [0.05, 0.1) is 19.3 Å². The van der Waals surface area contributed by atoms with E-state index >= 15 is 0 Å². The van der Waals surface area contributed by atoms with Gasteiger partial charge in [-0.2, -0.15) is 0 Å². The second-order valence-electron chi connectivity index (χ2n) is 8.46. The van der Waals surface area contributed by atoms with Crippen molar-refractivity contribution in [2.45, 2.75) is 71.2 Å². The summed E-state index contributed by atoms with van der Waals surface area (Å²) < 4.78 is 11.2. The molecule has 6 heteroatoms. The summed E-state index contributed by atoms with van der Waals surface area (Å²) in [7, 11) is 0. The number of hydrogen-bond acceptors (Lipinski definition) is 4. The average molecular weight is 417 g/mol. The van der Waals surface area contributed by atoms with E-state index in [2.05, 4.69) is 53.6 Å². The lowest BCUT2D eigenvalue weighted by molar-refractivity contribution is 0.0420. The Bertz CT molecular complexity index is 629. The lowest BCUT2D eigenvalue weighted by Gasteiger charge is -2.33. The molecule has 2 atom stereocenters. The summed E-state index contributed by atoms with van der Waals surface area (Å²) in [5.74, 6) is 0.868. The first kappa shape index (κ1) is 23.0. The quantitative estimate of drug-likeness (QED) is 0.348. The number of piperidine rings is 1. The van der Waals surface area contributed by atoms with Crippen LogP contribution in [0.2, 0.25) is 0 Å². The smallest absolute Gasteiger partial charge is 0.191 e. The Balaban J connectivity index is 1.39. The molecule has 2 saturated heterocycles. The van der Waals surface area contributed by atoms with Gasteiger partial charge in [-0.15, -0.1) is 0 Å². The zero-order chi connectivity index (χ0) is 21.0. The second kappa shape index (κ2) is 12.9. The molecule has 2 aliphatic heterocycles. The number of aliphatic imine (C=N–C) groups is 1. The lowest BCUT2D eigenvalue weighted by atomic mass is 10.0. The molecule has 2 aliphatic rings. The predicted octanol–water partition coefficient (Wildman–Crippen LogP) is 3.31. The van der Waals surface area contributed by atoms with Gasteiger partial charge in [0, 0.05) is 38.9 Å². The first-order chi connectivity index (χ1) is 14.7. The highest BCUT2D eigenvalue weighted by molar-refractivity contribution is 5.79. The maximum atomic E-state index is 5.82. The highest BCUT2D eigenvalue weighted by Gasteiger charge is 2.18. The number of benzene rings is 1. The van der Waals surface area contributed by atoms with Crippen LogP contribution in [0.5, 0.6) is 0 Å². The zero-order valence-electron chi connectivity index (χ0n) is 18.9. The van der Waals surface area contributed by atoms with Crippen LogP contribution in [0.25, 0.3) is 0 Å². The summed E-state index contributed by atoms with van der Waals surface area (Å²) in [5, 5.41) is 6.73.